The number of carbonyl (C=O) groups excluding carboxylic acids is 2. The van der Waals surface area contributed by atoms with Crippen LogP contribution in [0.1, 0.15) is 55.3 Å². The molecule has 1 aliphatic carbocycles. The summed E-state index contributed by atoms with van der Waals surface area (Å²) < 4.78 is 0. The van der Waals surface area contributed by atoms with Gasteiger partial charge in [0.15, 0.2) is 0 Å². The Morgan fingerprint density at radius 2 is 1.68 bits per heavy atom. The zero-order valence-electron chi connectivity index (χ0n) is 16.5. The second kappa shape index (κ2) is 7.78. The van der Waals surface area contributed by atoms with Crippen LogP contribution >= 0.6 is 0 Å². The van der Waals surface area contributed by atoms with Crippen LogP contribution in [-0.2, 0) is 21.4 Å². The monoisotopic (exact) mass is 376 g/mol. The van der Waals surface area contributed by atoms with E-state index < -0.39 is 5.41 Å². The molecule has 1 fully saturated rings. The minimum Gasteiger partial charge on any atom is -0.349 e. The average molecular weight is 377 g/mol. The molecular weight excluding hydrogens is 348 g/mol. The predicted molar refractivity (Wildman–Crippen MR) is 110 cm³/mol. The van der Waals surface area contributed by atoms with Crippen LogP contribution in [0.2, 0.25) is 0 Å². The number of fused-ring (bicyclic) bond motifs is 1. The fourth-order valence-electron chi connectivity index (χ4n) is 4.81. The fourth-order valence-corrected chi connectivity index (χ4v) is 4.81. The van der Waals surface area contributed by atoms with Crippen molar-refractivity contribution in [2.45, 2.75) is 50.5 Å². The summed E-state index contributed by atoms with van der Waals surface area (Å²) in [5, 5.41) is 3.39. The van der Waals surface area contributed by atoms with Crippen molar-refractivity contribution in [3.8, 4) is 0 Å². The standard InChI is InChI=1S/C24H28N2O2/c1-18(27)26-16-14-24(15-17-26,20-10-3-2-4-11-20)23(28)25-22-13-7-9-19-8-5-6-12-21(19)22/h2-6,8,10-12,22H,7,9,13-17H2,1H3,(H,25,28). The van der Waals surface area contributed by atoms with Gasteiger partial charge in [-0.1, -0.05) is 54.6 Å². The highest BCUT2D eigenvalue weighted by atomic mass is 16.2. The van der Waals surface area contributed by atoms with Crippen molar-refractivity contribution in [2.75, 3.05) is 13.1 Å². The topological polar surface area (TPSA) is 49.4 Å². The van der Waals surface area contributed by atoms with Gasteiger partial charge in [-0.25, -0.2) is 0 Å². The highest BCUT2D eigenvalue weighted by Crippen LogP contribution is 2.38. The lowest BCUT2D eigenvalue weighted by Gasteiger charge is -2.42. The molecule has 0 bridgehead atoms. The molecule has 2 aliphatic rings. The Kier molecular flexibility index (Phi) is 5.21. The second-order valence-electron chi connectivity index (χ2n) is 8.07. The van der Waals surface area contributed by atoms with E-state index in [2.05, 4.69) is 41.7 Å². The van der Waals surface area contributed by atoms with Crippen molar-refractivity contribution in [1.82, 2.24) is 10.2 Å². The summed E-state index contributed by atoms with van der Waals surface area (Å²) in [5.41, 5.74) is 3.09. The molecule has 1 atom stereocenters. The SMILES string of the molecule is CC(=O)N1CCC(C(=O)NC2CCCc3ccccc32)(c2ccccc2)CC1. The summed E-state index contributed by atoms with van der Waals surface area (Å²) in [6.45, 7) is 2.85. The molecule has 2 aromatic rings. The third kappa shape index (κ3) is 3.44. The van der Waals surface area contributed by atoms with Gasteiger partial charge in [-0.15, -0.1) is 0 Å². The highest BCUT2D eigenvalue weighted by molar-refractivity contribution is 5.89. The first-order chi connectivity index (χ1) is 13.6. The minimum atomic E-state index is -0.570. The van der Waals surface area contributed by atoms with Crippen molar-refractivity contribution in [3.63, 3.8) is 0 Å². The predicted octanol–water partition coefficient (Wildman–Crippen LogP) is 3.76. The normalized spacial score (nSPS) is 20.9. The maximum absolute atomic E-state index is 13.7. The number of aryl methyl sites for hydroxylation is 1. The smallest absolute Gasteiger partial charge is 0.231 e. The van der Waals surface area contributed by atoms with E-state index in [0.29, 0.717) is 25.9 Å². The molecule has 4 rings (SSSR count). The average Bonchev–Trinajstić information content (AvgIpc) is 2.74. The van der Waals surface area contributed by atoms with Crippen LogP contribution in [0.15, 0.2) is 54.6 Å². The molecule has 146 valence electrons. The molecule has 2 aromatic carbocycles. The lowest BCUT2D eigenvalue weighted by atomic mass is 9.71. The molecule has 2 amide bonds. The summed E-state index contributed by atoms with van der Waals surface area (Å²) in [5.74, 6) is 0.187. The molecule has 1 N–H and O–H groups in total. The molecule has 0 aromatic heterocycles. The molecule has 0 radical (unpaired) electrons. The largest absolute Gasteiger partial charge is 0.349 e. The first-order valence-electron chi connectivity index (χ1n) is 10.3. The van der Waals surface area contributed by atoms with E-state index in [1.54, 1.807) is 6.92 Å². The Morgan fingerprint density at radius 1 is 1.00 bits per heavy atom. The Labute approximate surface area is 166 Å². The van der Waals surface area contributed by atoms with Crippen LogP contribution in [0.5, 0.6) is 0 Å². The van der Waals surface area contributed by atoms with Crippen LogP contribution in [0.3, 0.4) is 0 Å². The van der Waals surface area contributed by atoms with Crippen LogP contribution in [0.25, 0.3) is 0 Å². The van der Waals surface area contributed by atoms with Gasteiger partial charge in [0.25, 0.3) is 0 Å². The number of likely N-dealkylation sites (tertiary alicyclic amines) is 1. The van der Waals surface area contributed by atoms with Crippen molar-refractivity contribution in [2.24, 2.45) is 0 Å². The van der Waals surface area contributed by atoms with Gasteiger partial charge in [-0.3, -0.25) is 9.59 Å². The third-order valence-corrected chi connectivity index (χ3v) is 6.50. The number of carbonyl (C=O) groups is 2. The van der Waals surface area contributed by atoms with Crippen molar-refractivity contribution in [3.05, 3.63) is 71.3 Å². The minimum absolute atomic E-state index is 0.0730. The molecule has 4 heteroatoms. The molecule has 1 heterocycles. The maximum atomic E-state index is 13.7. The van der Waals surface area contributed by atoms with E-state index in [1.807, 2.05) is 23.1 Å². The number of amides is 2. The van der Waals surface area contributed by atoms with Crippen molar-refractivity contribution in [1.29, 1.82) is 0 Å². The number of rotatable bonds is 3. The summed E-state index contributed by atoms with van der Waals surface area (Å²) in [4.78, 5) is 27.3. The van der Waals surface area contributed by atoms with Gasteiger partial charge in [0.1, 0.15) is 0 Å². The quantitative estimate of drug-likeness (QED) is 0.887. The Morgan fingerprint density at radius 3 is 2.39 bits per heavy atom. The van der Waals surface area contributed by atoms with Crippen LogP contribution in [0.4, 0.5) is 0 Å². The first kappa shape index (κ1) is 18.7. The number of hydrogen-bond donors (Lipinski definition) is 1. The van der Waals surface area contributed by atoms with E-state index in [-0.39, 0.29) is 17.9 Å². The lowest BCUT2D eigenvalue weighted by Crippen LogP contribution is -2.53. The summed E-state index contributed by atoms with van der Waals surface area (Å²) in [7, 11) is 0. The number of benzene rings is 2. The Hall–Kier alpha value is -2.62. The zero-order chi connectivity index (χ0) is 19.6. The van der Waals surface area contributed by atoms with Gasteiger partial charge in [0.05, 0.1) is 11.5 Å². The maximum Gasteiger partial charge on any atom is 0.231 e. The molecular formula is C24H28N2O2. The number of nitrogens with zero attached hydrogens (tertiary/aromatic N) is 1. The molecule has 4 nitrogen and oxygen atoms in total. The van der Waals surface area contributed by atoms with Crippen molar-refractivity contribution >= 4 is 11.8 Å². The van der Waals surface area contributed by atoms with Crippen LogP contribution < -0.4 is 5.32 Å². The molecule has 1 unspecified atom stereocenters. The molecule has 0 saturated carbocycles. The summed E-state index contributed by atoms with van der Waals surface area (Å²) in [6.07, 6.45) is 4.49. The summed E-state index contributed by atoms with van der Waals surface area (Å²) >= 11 is 0. The van der Waals surface area contributed by atoms with E-state index in [0.717, 1.165) is 24.8 Å². The molecule has 1 aliphatic heterocycles. The molecule has 1 saturated heterocycles. The van der Waals surface area contributed by atoms with E-state index in [4.69, 9.17) is 0 Å². The zero-order valence-corrected chi connectivity index (χ0v) is 16.5. The lowest BCUT2D eigenvalue weighted by molar-refractivity contribution is -0.135. The number of piperidine rings is 1. The Bertz CT molecular complexity index is 854. The second-order valence-corrected chi connectivity index (χ2v) is 8.07. The van der Waals surface area contributed by atoms with Gasteiger partial charge in [-0.2, -0.15) is 0 Å². The number of hydrogen-bond acceptors (Lipinski definition) is 2. The third-order valence-electron chi connectivity index (χ3n) is 6.50. The van der Waals surface area contributed by atoms with E-state index in [9.17, 15) is 9.59 Å². The molecule has 28 heavy (non-hydrogen) atoms. The van der Waals surface area contributed by atoms with Crippen LogP contribution in [0, 0.1) is 0 Å². The molecule has 0 spiro atoms. The Balaban J connectivity index is 1.61. The van der Waals surface area contributed by atoms with Crippen LogP contribution in [-0.4, -0.2) is 29.8 Å². The van der Waals surface area contributed by atoms with Gasteiger partial charge in [0, 0.05) is 20.0 Å². The van der Waals surface area contributed by atoms with Gasteiger partial charge in [0.2, 0.25) is 11.8 Å². The van der Waals surface area contributed by atoms with Gasteiger partial charge >= 0.3 is 0 Å². The fraction of sp³-hybridized carbons (Fsp3) is 0.417. The van der Waals surface area contributed by atoms with E-state index >= 15 is 0 Å². The number of nitrogens with one attached hydrogen (secondary N) is 1. The van der Waals surface area contributed by atoms with Gasteiger partial charge < -0.3 is 10.2 Å². The first-order valence-corrected chi connectivity index (χ1v) is 10.3. The summed E-state index contributed by atoms with van der Waals surface area (Å²) in [6, 6.07) is 18.6. The van der Waals surface area contributed by atoms with Gasteiger partial charge in [-0.05, 0) is 48.8 Å². The van der Waals surface area contributed by atoms with E-state index in [1.165, 1.54) is 11.1 Å². The van der Waals surface area contributed by atoms with Crippen molar-refractivity contribution < 1.29 is 9.59 Å². The highest BCUT2D eigenvalue weighted by Gasteiger charge is 2.44.